The summed E-state index contributed by atoms with van der Waals surface area (Å²) in [5.74, 6) is -0.732. The fraction of sp³-hybridized carbons (Fsp3) is 0.227. The van der Waals surface area contributed by atoms with Gasteiger partial charge in [-0.25, -0.2) is 0 Å². The molecule has 2 amide bonds. The first-order valence-electron chi connectivity index (χ1n) is 8.80. The van der Waals surface area contributed by atoms with Crippen molar-refractivity contribution >= 4 is 23.3 Å². The molecular weight excluding hydrogens is 326 g/mol. The number of para-hydroxylation sites is 1. The topological polar surface area (TPSA) is 54.5 Å². The summed E-state index contributed by atoms with van der Waals surface area (Å²) in [7, 11) is 0. The van der Waals surface area contributed by atoms with E-state index in [9.17, 15) is 14.4 Å². The molecule has 0 N–H and O–H groups in total. The van der Waals surface area contributed by atoms with Gasteiger partial charge in [-0.2, -0.15) is 0 Å². The number of imide groups is 1. The lowest BCUT2D eigenvalue weighted by atomic mass is 10.0. The molecule has 0 saturated carbocycles. The largest absolute Gasteiger partial charge is 0.295 e. The van der Waals surface area contributed by atoms with Gasteiger partial charge in [0.05, 0.1) is 11.6 Å². The molecule has 0 aromatic heterocycles. The average molecular weight is 347 g/mol. The van der Waals surface area contributed by atoms with Gasteiger partial charge in [0.15, 0.2) is 5.78 Å². The summed E-state index contributed by atoms with van der Waals surface area (Å²) < 4.78 is 0. The fourth-order valence-electron chi connectivity index (χ4n) is 3.09. The third kappa shape index (κ3) is 4.33. The predicted octanol–water partition coefficient (Wildman–Crippen LogP) is 3.71. The van der Waals surface area contributed by atoms with Crippen LogP contribution in [0.2, 0.25) is 0 Å². The molecule has 0 radical (unpaired) electrons. The van der Waals surface area contributed by atoms with Crippen LogP contribution in [0.3, 0.4) is 0 Å². The molecule has 1 saturated heterocycles. The molecule has 132 valence electrons. The van der Waals surface area contributed by atoms with Crippen molar-refractivity contribution in [2.45, 2.75) is 25.7 Å². The molecule has 2 aromatic rings. The number of hydrogen-bond donors (Lipinski definition) is 0. The zero-order chi connectivity index (χ0) is 18.4. The van der Waals surface area contributed by atoms with Gasteiger partial charge in [-0.05, 0) is 36.6 Å². The van der Waals surface area contributed by atoms with E-state index in [1.54, 1.807) is 30.3 Å². The summed E-state index contributed by atoms with van der Waals surface area (Å²) in [6, 6.07) is 18.8. The van der Waals surface area contributed by atoms with E-state index in [2.05, 4.69) is 0 Å². The monoisotopic (exact) mass is 347 g/mol. The van der Waals surface area contributed by atoms with Gasteiger partial charge in [0.1, 0.15) is 0 Å². The van der Waals surface area contributed by atoms with Crippen molar-refractivity contribution < 1.29 is 14.4 Å². The lowest BCUT2D eigenvalue weighted by Gasteiger charge is -2.14. The number of amides is 2. The van der Waals surface area contributed by atoms with Crippen LogP contribution in [-0.2, 0) is 20.8 Å². The lowest BCUT2D eigenvalue weighted by Crippen LogP contribution is -2.30. The van der Waals surface area contributed by atoms with Crippen molar-refractivity contribution in [1.82, 2.24) is 0 Å². The highest BCUT2D eigenvalue weighted by atomic mass is 16.2. The first-order valence-corrected chi connectivity index (χ1v) is 8.80. The maximum atomic E-state index is 12.5. The Labute approximate surface area is 153 Å². The molecule has 3 rings (SSSR count). The number of ketones is 1. The summed E-state index contributed by atoms with van der Waals surface area (Å²) in [6.45, 7) is 0. The number of nitrogens with zero attached hydrogens (tertiary/aromatic N) is 1. The van der Waals surface area contributed by atoms with E-state index in [0.717, 1.165) is 5.56 Å². The van der Waals surface area contributed by atoms with Crippen LogP contribution in [0.15, 0.2) is 72.8 Å². The second-order valence-electron chi connectivity index (χ2n) is 6.39. The van der Waals surface area contributed by atoms with Gasteiger partial charge in [0, 0.05) is 12.8 Å². The number of allylic oxidation sites excluding steroid dienone is 2. The summed E-state index contributed by atoms with van der Waals surface area (Å²) in [5, 5.41) is 0. The molecule has 4 heteroatoms. The Balaban J connectivity index is 1.51. The molecule has 26 heavy (non-hydrogen) atoms. The van der Waals surface area contributed by atoms with Crippen LogP contribution in [0, 0.1) is 5.92 Å². The van der Waals surface area contributed by atoms with E-state index < -0.39 is 0 Å². The maximum absolute atomic E-state index is 12.5. The molecule has 1 heterocycles. The Hall–Kier alpha value is -3.01. The Morgan fingerprint density at radius 1 is 1.00 bits per heavy atom. The highest BCUT2D eigenvalue weighted by molar-refractivity contribution is 6.20. The van der Waals surface area contributed by atoms with E-state index in [-0.39, 0.29) is 29.9 Å². The Morgan fingerprint density at radius 2 is 1.65 bits per heavy atom. The van der Waals surface area contributed by atoms with E-state index in [0.29, 0.717) is 24.9 Å². The standard InChI is InChI=1S/C22H21NO3/c24-20(15-14-17-8-3-1-4-9-17)13-7-10-18-16-21(25)23(22(18)26)19-11-5-2-6-12-19/h1-9,11-13,18H,10,14-16H2/b13-7+/t18-/m1/s1. The number of carbonyl (C=O) groups is 3. The molecule has 2 aromatic carbocycles. The quantitative estimate of drug-likeness (QED) is 0.567. The van der Waals surface area contributed by atoms with Gasteiger partial charge < -0.3 is 0 Å². The molecule has 1 aliphatic rings. The van der Waals surface area contributed by atoms with Crippen molar-refractivity contribution in [3.8, 4) is 0 Å². The van der Waals surface area contributed by atoms with Crippen LogP contribution in [0.5, 0.6) is 0 Å². The second kappa shape index (κ2) is 8.39. The predicted molar refractivity (Wildman–Crippen MR) is 101 cm³/mol. The molecule has 1 aliphatic heterocycles. The summed E-state index contributed by atoms with van der Waals surface area (Å²) >= 11 is 0. The molecule has 1 atom stereocenters. The summed E-state index contributed by atoms with van der Waals surface area (Å²) in [6.07, 6.45) is 4.99. The van der Waals surface area contributed by atoms with E-state index in [4.69, 9.17) is 0 Å². The van der Waals surface area contributed by atoms with E-state index in [1.165, 1.54) is 11.0 Å². The SMILES string of the molecule is O=C(/C=C/C[C@@H]1CC(=O)N(c2ccccc2)C1=O)CCc1ccccc1. The minimum atomic E-state index is -0.388. The van der Waals surface area contributed by atoms with Crippen molar-refractivity contribution in [3.63, 3.8) is 0 Å². The van der Waals surface area contributed by atoms with Gasteiger partial charge in [0.25, 0.3) is 0 Å². The van der Waals surface area contributed by atoms with Crippen LogP contribution in [0.4, 0.5) is 5.69 Å². The molecular formula is C22H21NO3. The maximum Gasteiger partial charge on any atom is 0.237 e. The van der Waals surface area contributed by atoms with E-state index >= 15 is 0 Å². The average Bonchev–Trinajstić information content (AvgIpc) is 2.95. The van der Waals surface area contributed by atoms with Crippen molar-refractivity contribution in [2.75, 3.05) is 4.90 Å². The van der Waals surface area contributed by atoms with Crippen LogP contribution in [-0.4, -0.2) is 17.6 Å². The number of carbonyl (C=O) groups excluding carboxylic acids is 3. The van der Waals surface area contributed by atoms with Crippen molar-refractivity contribution in [2.24, 2.45) is 5.92 Å². The zero-order valence-corrected chi connectivity index (χ0v) is 14.5. The van der Waals surface area contributed by atoms with Crippen molar-refractivity contribution in [3.05, 3.63) is 78.4 Å². The first kappa shape index (κ1) is 17.8. The van der Waals surface area contributed by atoms with Gasteiger partial charge >= 0.3 is 0 Å². The minimum Gasteiger partial charge on any atom is -0.295 e. The number of benzene rings is 2. The highest BCUT2D eigenvalue weighted by Gasteiger charge is 2.38. The third-order valence-corrected chi connectivity index (χ3v) is 4.48. The van der Waals surface area contributed by atoms with Gasteiger partial charge in [0.2, 0.25) is 11.8 Å². The van der Waals surface area contributed by atoms with Gasteiger partial charge in [-0.15, -0.1) is 0 Å². The minimum absolute atomic E-state index is 0.0329. The third-order valence-electron chi connectivity index (χ3n) is 4.48. The van der Waals surface area contributed by atoms with Crippen LogP contribution < -0.4 is 4.90 Å². The first-order chi connectivity index (χ1) is 12.6. The molecule has 0 bridgehead atoms. The molecule has 0 spiro atoms. The van der Waals surface area contributed by atoms with Gasteiger partial charge in [-0.1, -0.05) is 54.6 Å². The normalized spacial score (nSPS) is 17.2. The number of hydrogen-bond acceptors (Lipinski definition) is 3. The fourth-order valence-corrected chi connectivity index (χ4v) is 3.09. The van der Waals surface area contributed by atoms with Crippen molar-refractivity contribution in [1.29, 1.82) is 0 Å². The second-order valence-corrected chi connectivity index (χ2v) is 6.39. The molecule has 1 fully saturated rings. The summed E-state index contributed by atoms with van der Waals surface area (Å²) in [5.41, 5.74) is 1.73. The van der Waals surface area contributed by atoms with Crippen LogP contribution in [0.1, 0.15) is 24.8 Å². The summed E-state index contributed by atoms with van der Waals surface area (Å²) in [4.78, 5) is 37.9. The number of aryl methyl sites for hydroxylation is 1. The molecule has 0 unspecified atom stereocenters. The Bertz CT molecular complexity index is 812. The lowest BCUT2D eigenvalue weighted by molar-refractivity contribution is -0.122. The Kier molecular flexibility index (Phi) is 5.74. The number of rotatable bonds is 7. The van der Waals surface area contributed by atoms with Crippen LogP contribution >= 0.6 is 0 Å². The molecule has 4 nitrogen and oxygen atoms in total. The number of anilines is 1. The van der Waals surface area contributed by atoms with Gasteiger partial charge in [-0.3, -0.25) is 19.3 Å². The smallest absolute Gasteiger partial charge is 0.237 e. The highest BCUT2D eigenvalue weighted by Crippen LogP contribution is 2.28. The molecule has 0 aliphatic carbocycles. The Morgan fingerprint density at radius 3 is 2.35 bits per heavy atom. The van der Waals surface area contributed by atoms with Crippen LogP contribution in [0.25, 0.3) is 0 Å². The zero-order valence-electron chi connectivity index (χ0n) is 14.5. The van der Waals surface area contributed by atoms with E-state index in [1.807, 2.05) is 36.4 Å².